The highest BCUT2D eigenvalue weighted by atomic mass is 16.6. The smallest absolute Gasteiger partial charge is 0.306 e. The fraction of sp³-hybridized carbons (Fsp3) is 0.833. The van der Waals surface area contributed by atoms with Gasteiger partial charge in [0.1, 0.15) is 13.2 Å². The van der Waals surface area contributed by atoms with Crippen LogP contribution in [-0.4, -0.2) is 37.2 Å². The van der Waals surface area contributed by atoms with Gasteiger partial charge in [-0.15, -0.1) is 0 Å². The van der Waals surface area contributed by atoms with E-state index in [-0.39, 0.29) is 31.1 Å². The molecular weight excluding hydrogens is 745 g/mol. The van der Waals surface area contributed by atoms with E-state index in [0.29, 0.717) is 19.3 Å². The first kappa shape index (κ1) is 57.6. The van der Waals surface area contributed by atoms with Gasteiger partial charge in [0, 0.05) is 19.3 Å². The molecule has 0 radical (unpaired) electrons. The highest BCUT2D eigenvalue weighted by molar-refractivity contribution is 5.71. The van der Waals surface area contributed by atoms with Crippen molar-refractivity contribution in [1.29, 1.82) is 0 Å². The van der Waals surface area contributed by atoms with Gasteiger partial charge >= 0.3 is 17.9 Å². The van der Waals surface area contributed by atoms with Crippen LogP contribution in [0.5, 0.6) is 0 Å². The Balaban J connectivity index is 4.40. The molecule has 0 aliphatic rings. The second-order valence-corrected chi connectivity index (χ2v) is 17.4. The minimum Gasteiger partial charge on any atom is -0.462 e. The van der Waals surface area contributed by atoms with Gasteiger partial charge in [0.05, 0.1) is 0 Å². The summed E-state index contributed by atoms with van der Waals surface area (Å²) < 4.78 is 16.8. The van der Waals surface area contributed by atoms with Crippen molar-refractivity contribution in [3.63, 3.8) is 0 Å². The van der Waals surface area contributed by atoms with Crippen molar-refractivity contribution >= 4 is 17.9 Å². The average molecular weight is 843 g/mol. The Morgan fingerprint density at radius 1 is 0.317 bits per heavy atom. The van der Waals surface area contributed by atoms with Crippen LogP contribution in [0.3, 0.4) is 0 Å². The molecule has 0 aliphatic heterocycles. The maximum absolute atomic E-state index is 12.8. The van der Waals surface area contributed by atoms with Crippen LogP contribution in [0.1, 0.15) is 271 Å². The second kappa shape index (κ2) is 49.3. The van der Waals surface area contributed by atoms with E-state index in [9.17, 15) is 14.4 Å². The van der Waals surface area contributed by atoms with Crippen molar-refractivity contribution in [2.45, 2.75) is 277 Å². The van der Waals surface area contributed by atoms with Gasteiger partial charge in [0.15, 0.2) is 6.10 Å². The predicted molar refractivity (Wildman–Crippen MR) is 256 cm³/mol. The first-order valence-corrected chi connectivity index (χ1v) is 26.0. The summed E-state index contributed by atoms with van der Waals surface area (Å²) in [6.07, 6.45) is 57.0. The van der Waals surface area contributed by atoms with E-state index >= 15 is 0 Å². The van der Waals surface area contributed by atoms with E-state index in [1.54, 1.807) is 0 Å². The van der Waals surface area contributed by atoms with Gasteiger partial charge in [-0.2, -0.15) is 0 Å². The number of carbonyl (C=O) groups excluding carboxylic acids is 3. The quantitative estimate of drug-likeness (QED) is 0.0263. The summed E-state index contributed by atoms with van der Waals surface area (Å²) in [6.45, 7) is 6.60. The monoisotopic (exact) mass is 843 g/mol. The molecule has 0 rings (SSSR count). The Kier molecular flexibility index (Phi) is 47.3. The molecule has 0 aromatic carbocycles. The number of rotatable bonds is 47. The first-order valence-electron chi connectivity index (χ1n) is 26.0. The first-order chi connectivity index (χ1) is 29.5. The lowest BCUT2D eigenvalue weighted by Crippen LogP contribution is -2.30. The fourth-order valence-electron chi connectivity index (χ4n) is 7.37. The Labute approximate surface area is 372 Å². The van der Waals surface area contributed by atoms with Crippen LogP contribution in [0.15, 0.2) is 36.5 Å². The molecule has 6 nitrogen and oxygen atoms in total. The van der Waals surface area contributed by atoms with Crippen LogP contribution in [0.4, 0.5) is 0 Å². The van der Waals surface area contributed by atoms with Gasteiger partial charge in [-0.05, 0) is 96.3 Å². The third-order valence-corrected chi connectivity index (χ3v) is 11.3. The van der Waals surface area contributed by atoms with E-state index in [1.807, 2.05) is 0 Å². The van der Waals surface area contributed by atoms with Crippen molar-refractivity contribution in [2.75, 3.05) is 13.2 Å². The molecule has 0 saturated carbocycles. The summed E-state index contributed by atoms with van der Waals surface area (Å²) in [5.41, 5.74) is 0. The van der Waals surface area contributed by atoms with E-state index in [1.165, 1.54) is 141 Å². The molecule has 0 N–H and O–H groups in total. The molecular formula is C54H98O6. The second-order valence-electron chi connectivity index (χ2n) is 17.4. The number of carbonyl (C=O) groups is 3. The van der Waals surface area contributed by atoms with E-state index in [2.05, 4.69) is 57.2 Å². The molecule has 0 spiro atoms. The Morgan fingerprint density at radius 2 is 0.550 bits per heavy atom. The van der Waals surface area contributed by atoms with E-state index in [4.69, 9.17) is 14.2 Å². The number of esters is 3. The largest absolute Gasteiger partial charge is 0.462 e. The lowest BCUT2D eigenvalue weighted by Gasteiger charge is -2.18. The van der Waals surface area contributed by atoms with Crippen LogP contribution in [0.25, 0.3) is 0 Å². The van der Waals surface area contributed by atoms with Gasteiger partial charge in [-0.3, -0.25) is 14.4 Å². The summed E-state index contributed by atoms with van der Waals surface area (Å²) in [7, 11) is 0. The van der Waals surface area contributed by atoms with E-state index in [0.717, 1.165) is 89.9 Å². The van der Waals surface area contributed by atoms with Crippen LogP contribution < -0.4 is 0 Å². The third kappa shape index (κ3) is 46.7. The summed E-state index contributed by atoms with van der Waals surface area (Å²) in [4.78, 5) is 37.9. The lowest BCUT2D eigenvalue weighted by atomic mass is 10.1. The zero-order valence-corrected chi connectivity index (χ0v) is 40.0. The number of ether oxygens (including phenoxy) is 3. The van der Waals surface area contributed by atoms with Crippen molar-refractivity contribution in [3.05, 3.63) is 36.5 Å². The molecule has 0 amide bonds. The van der Waals surface area contributed by atoms with Crippen molar-refractivity contribution < 1.29 is 28.6 Å². The number of hydrogen-bond acceptors (Lipinski definition) is 6. The normalized spacial score (nSPS) is 12.2. The van der Waals surface area contributed by atoms with Crippen LogP contribution in [-0.2, 0) is 28.6 Å². The zero-order chi connectivity index (χ0) is 43.7. The third-order valence-electron chi connectivity index (χ3n) is 11.3. The average Bonchev–Trinajstić information content (AvgIpc) is 3.24. The SMILES string of the molecule is CCCCCCCC/C=C\CCCCCC(=O)OCC(COC(=O)CCCCCCC/C=C\CCCCCCCCC)OC(=O)CCCCC/C=C\CCCCCCCC. The minimum atomic E-state index is -0.786. The molecule has 1 atom stereocenters. The van der Waals surface area contributed by atoms with Gasteiger partial charge in [0.25, 0.3) is 0 Å². The Bertz CT molecular complexity index is 1020. The molecule has 350 valence electrons. The molecule has 0 heterocycles. The van der Waals surface area contributed by atoms with Crippen LogP contribution in [0.2, 0.25) is 0 Å². The van der Waals surface area contributed by atoms with Gasteiger partial charge in [-0.1, -0.05) is 192 Å². The number of hydrogen-bond donors (Lipinski definition) is 0. The number of unbranched alkanes of at least 4 members (excludes halogenated alkanes) is 30. The molecule has 0 aliphatic carbocycles. The maximum Gasteiger partial charge on any atom is 0.306 e. The van der Waals surface area contributed by atoms with Crippen molar-refractivity contribution in [1.82, 2.24) is 0 Å². The molecule has 1 unspecified atom stereocenters. The van der Waals surface area contributed by atoms with Crippen LogP contribution in [0, 0.1) is 0 Å². The molecule has 6 heteroatoms. The highest BCUT2D eigenvalue weighted by Gasteiger charge is 2.19. The zero-order valence-electron chi connectivity index (χ0n) is 40.0. The lowest BCUT2D eigenvalue weighted by molar-refractivity contribution is -0.167. The summed E-state index contributed by atoms with van der Waals surface area (Å²) >= 11 is 0. The van der Waals surface area contributed by atoms with Crippen LogP contribution >= 0.6 is 0 Å². The number of allylic oxidation sites excluding steroid dienone is 6. The fourth-order valence-corrected chi connectivity index (χ4v) is 7.37. The molecule has 60 heavy (non-hydrogen) atoms. The molecule has 0 fully saturated rings. The van der Waals surface area contributed by atoms with E-state index < -0.39 is 6.10 Å². The Morgan fingerprint density at radius 3 is 0.850 bits per heavy atom. The highest BCUT2D eigenvalue weighted by Crippen LogP contribution is 2.14. The predicted octanol–water partition coefficient (Wildman–Crippen LogP) is 16.9. The summed E-state index contributed by atoms with van der Waals surface area (Å²) in [6, 6.07) is 0. The molecule has 0 aromatic rings. The topological polar surface area (TPSA) is 78.9 Å². The maximum atomic E-state index is 12.8. The molecule has 0 bridgehead atoms. The summed E-state index contributed by atoms with van der Waals surface area (Å²) in [5, 5.41) is 0. The standard InChI is InChI=1S/C54H98O6/c1-4-7-10-13-16-19-22-25-26-27-30-32-35-38-41-44-47-53(56)59-50-51(60-54(57)48-45-42-39-36-33-29-24-21-18-15-12-9-6-3)49-58-52(55)46-43-40-37-34-31-28-23-20-17-14-11-8-5-2/h26-29,31,33,51H,4-25,30,32,34-50H2,1-3H3/b27-26-,31-28-,33-29-. The summed E-state index contributed by atoms with van der Waals surface area (Å²) in [5.74, 6) is -0.918. The van der Waals surface area contributed by atoms with Gasteiger partial charge < -0.3 is 14.2 Å². The van der Waals surface area contributed by atoms with Crippen molar-refractivity contribution in [3.8, 4) is 0 Å². The Hall–Kier alpha value is -2.37. The molecule has 0 saturated heterocycles. The van der Waals surface area contributed by atoms with Gasteiger partial charge in [0.2, 0.25) is 0 Å². The minimum absolute atomic E-state index is 0.0858. The van der Waals surface area contributed by atoms with Crippen molar-refractivity contribution in [2.24, 2.45) is 0 Å². The molecule has 0 aromatic heterocycles. The van der Waals surface area contributed by atoms with Gasteiger partial charge in [-0.25, -0.2) is 0 Å².